The number of nitrogens with two attached hydrogens (primary N) is 2. The molecular weight excluding hydrogens is 388 g/mol. The Morgan fingerprint density at radius 3 is 2.53 bits per heavy atom. The molecule has 0 atom stereocenters. The highest BCUT2D eigenvalue weighted by molar-refractivity contribution is 6.04. The van der Waals surface area contributed by atoms with Crippen molar-refractivity contribution in [1.82, 2.24) is 4.90 Å². The first-order valence-electron chi connectivity index (χ1n) is 9.31. The molecule has 30 heavy (non-hydrogen) atoms. The monoisotopic (exact) mass is 410 g/mol. The van der Waals surface area contributed by atoms with Crippen molar-refractivity contribution in [2.24, 2.45) is 16.5 Å². The van der Waals surface area contributed by atoms with Gasteiger partial charge in [0, 0.05) is 17.7 Å². The first kappa shape index (κ1) is 20.8. The number of carbonyl (C=O) groups excluding carboxylic acids is 3. The van der Waals surface area contributed by atoms with Gasteiger partial charge in [0.1, 0.15) is 5.75 Å². The molecule has 0 fully saturated rings. The molecule has 156 valence electrons. The molecule has 0 aliphatic carbocycles. The van der Waals surface area contributed by atoms with Crippen molar-refractivity contribution < 1.29 is 23.9 Å². The standard InChI is InChI=1S/C21H22N4O5/c1-2-29-19(27)12-30-16-6-3-13(4-7-16)18(26)11-25-10-14-9-15(24-21(22)23)5-8-17(14)20(25)28/h3-9H,2,10-12H2,1H3,(H4,22,23,24). The summed E-state index contributed by atoms with van der Waals surface area (Å²) >= 11 is 0. The number of carbonyl (C=O) groups is 3. The number of hydrogen-bond donors (Lipinski definition) is 2. The van der Waals surface area contributed by atoms with Crippen molar-refractivity contribution in [3.63, 3.8) is 0 Å². The molecular formula is C21H22N4O5. The number of benzene rings is 2. The van der Waals surface area contributed by atoms with E-state index in [1.807, 2.05) is 0 Å². The van der Waals surface area contributed by atoms with Crippen LogP contribution in [0.25, 0.3) is 0 Å². The van der Waals surface area contributed by atoms with Gasteiger partial charge in [-0.05, 0) is 55.0 Å². The van der Waals surface area contributed by atoms with Gasteiger partial charge in [-0.15, -0.1) is 0 Å². The summed E-state index contributed by atoms with van der Waals surface area (Å²) in [6, 6.07) is 11.4. The van der Waals surface area contributed by atoms with Gasteiger partial charge in [-0.1, -0.05) is 0 Å². The number of guanidine groups is 1. The quantitative estimate of drug-likeness (QED) is 0.290. The van der Waals surface area contributed by atoms with Crippen molar-refractivity contribution in [3.8, 4) is 5.75 Å². The van der Waals surface area contributed by atoms with Gasteiger partial charge >= 0.3 is 5.97 Å². The van der Waals surface area contributed by atoms with Crippen LogP contribution in [0.15, 0.2) is 47.5 Å². The van der Waals surface area contributed by atoms with E-state index >= 15 is 0 Å². The minimum absolute atomic E-state index is 0.0613. The second kappa shape index (κ2) is 9.08. The average molecular weight is 410 g/mol. The van der Waals surface area contributed by atoms with Crippen LogP contribution in [0.4, 0.5) is 5.69 Å². The summed E-state index contributed by atoms with van der Waals surface area (Å²) in [4.78, 5) is 42.0. The molecule has 0 saturated carbocycles. The van der Waals surface area contributed by atoms with Crippen LogP contribution in [0, 0.1) is 0 Å². The maximum Gasteiger partial charge on any atom is 0.344 e. The van der Waals surface area contributed by atoms with Crippen LogP contribution in [0.2, 0.25) is 0 Å². The van der Waals surface area contributed by atoms with E-state index in [0.29, 0.717) is 29.1 Å². The van der Waals surface area contributed by atoms with Gasteiger partial charge < -0.3 is 25.8 Å². The lowest BCUT2D eigenvalue weighted by molar-refractivity contribution is -0.145. The van der Waals surface area contributed by atoms with Crippen LogP contribution in [0.3, 0.4) is 0 Å². The molecule has 3 rings (SSSR count). The first-order valence-corrected chi connectivity index (χ1v) is 9.31. The number of rotatable bonds is 8. The maximum atomic E-state index is 12.6. The highest BCUT2D eigenvalue weighted by atomic mass is 16.6. The lowest BCUT2D eigenvalue weighted by Crippen LogP contribution is -2.30. The molecule has 1 amide bonds. The summed E-state index contributed by atoms with van der Waals surface area (Å²) in [5.41, 5.74) is 13.0. The highest BCUT2D eigenvalue weighted by Crippen LogP contribution is 2.27. The fourth-order valence-corrected chi connectivity index (χ4v) is 3.06. The minimum atomic E-state index is -0.465. The Kier molecular flexibility index (Phi) is 6.31. The van der Waals surface area contributed by atoms with Crippen molar-refractivity contribution in [2.45, 2.75) is 13.5 Å². The van der Waals surface area contributed by atoms with Crippen LogP contribution in [-0.4, -0.2) is 48.3 Å². The largest absolute Gasteiger partial charge is 0.482 e. The van der Waals surface area contributed by atoms with Crippen LogP contribution in [0.5, 0.6) is 5.75 Å². The second-order valence-electron chi connectivity index (χ2n) is 6.58. The number of Topliss-reactive ketones (excluding diaryl/α,β-unsaturated/α-hetero) is 1. The number of amides is 1. The molecule has 2 aromatic rings. The van der Waals surface area contributed by atoms with Gasteiger partial charge in [0.15, 0.2) is 18.3 Å². The number of esters is 1. The molecule has 9 heteroatoms. The summed E-state index contributed by atoms with van der Waals surface area (Å²) < 4.78 is 10.1. The summed E-state index contributed by atoms with van der Waals surface area (Å²) in [5.74, 6) is -0.521. The number of fused-ring (bicyclic) bond motifs is 1. The van der Waals surface area contributed by atoms with Crippen LogP contribution in [0.1, 0.15) is 33.2 Å². The zero-order chi connectivity index (χ0) is 21.7. The molecule has 0 unspecified atom stereocenters. The van der Waals surface area contributed by atoms with Gasteiger partial charge in [0.2, 0.25) is 0 Å². The zero-order valence-corrected chi connectivity index (χ0v) is 16.5. The van der Waals surface area contributed by atoms with E-state index in [1.54, 1.807) is 49.4 Å². The molecule has 0 aromatic heterocycles. The Morgan fingerprint density at radius 1 is 1.13 bits per heavy atom. The van der Waals surface area contributed by atoms with E-state index in [-0.39, 0.29) is 37.4 Å². The molecule has 1 aliphatic rings. The molecule has 0 radical (unpaired) electrons. The first-order chi connectivity index (χ1) is 14.4. The van der Waals surface area contributed by atoms with Gasteiger partial charge in [0.05, 0.1) is 18.8 Å². The Bertz CT molecular complexity index is 997. The van der Waals surface area contributed by atoms with Crippen molar-refractivity contribution in [2.75, 3.05) is 19.8 Å². The SMILES string of the molecule is CCOC(=O)COc1ccc(C(=O)CN2Cc3cc(N=C(N)N)ccc3C2=O)cc1. The summed E-state index contributed by atoms with van der Waals surface area (Å²) in [6.45, 7) is 2.03. The Morgan fingerprint density at radius 2 is 1.87 bits per heavy atom. The molecule has 0 bridgehead atoms. The van der Waals surface area contributed by atoms with Crippen molar-refractivity contribution in [1.29, 1.82) is 0 Å². The van der Waals surface area contributed by atoms with Crippen LogP contribution in [-0.2, 0) is 16.1 Å². The molecule has 4 N–H and O–H groups in total. The fraction of sp³-hybridized carbons (Fsp3) is 0.238. The molecule has 1 aliphatic heterocycles. The number of nitrogens with zero attached hydrogens (tertiary/aromatic N) is 2. The summed E-state index contributed by atoms with van der Waals surface area (Å²) in [7, 11) is 0. The number of aliphatic imine (C=N–C) groups is 1. The lowest BCUT2D eigenvalue weighted by Gasteiger charge is -2.14. The number of ketones is 1. The lowest BCUT2D eigenvalue weighted by atomic mass is 10.1. The third-order valence-corrected chi connectivity index (χ3v) is 4.40. The van der Waals surface area contributed by atoms with Gasteiger partial charge in [-0.3, -0.25) is 9.59 Å². The molecule has 9 nitrogen and oxygen atoms in total. The van der Waals surface area contributed by atoms with E-state index < -0.39 is 5.97 Å². The Labute approximate surface area is 173 Å². The molecule has 0 saturated heterocycles. The smallest absolute Gasteiger partial charge is 0.344 e. The van der Waals surface area contributed by atoms with E-state index in [0.717, 1.165) is 5.56 Å². The zero-order valence-electron chi connectivity index (χ0n) is 16.5. The third-order valence-electron chi connectivity index (χ3n) is 4.40. The van der Waals surface area contributed by atoms with Crippen molar-refractivity contribution >= 4 is 29.3 Å². The molecule has 2 aromatic carbocycles. The van der Waals surface area contributed by atoms with Gasteiger partial charge in [-0.25, -0.2) is 9.79 Å². The Hall–Kier alpha value is -3.88. The number of hydrogen-bond acceptors (Lipinski definition) is 6. The molecule has 1 heterocycles. The van der Waals surface area contributed by atoms with Crippen LogP contribution >= 0.6 is 0 Å². The Balaban J connectivity index is 1.61. The average Bonchev–Trinajstić information content (AvgIpc) is 3.01. The van der Waals surface area contributed by atoms with Crippen molar-refractivity contribution in [3.05, 3.63) is 59.2 Å². The second-order valence-corrected chi connectivity index (χ2v) is 6.58. The predicted octanol–water partition coefficient (Wildman–Crippen LogP) is 1.37. The maximum absolute atomic E-state index is 12.6. The highest BCUT2D eigenvalue weighted by Gasteiger charge is 2.29. The van der Waals surface area contributed by atoms with E-state index in [4.69, 9.17) is 20.9 Å². The normalized spacial score (nSPS) is 12.3. The number of ether oxygens (including phenoxy) is 2. The predicted molar refractivity (Wildman–Crippen MR) is 110 cm³/mol. The molecule has 0 spiro atoms. The van der Waals surface area contributed by atoms with E-state index in [2.05, 4.69) is 4.99 Å². The van der Waals surface area contributed by atoms with Crippen LogP contribution < -0.4 is 16.2 Å². The summed E-state index contributed by atoms with van der Waals surface area (Å²) in [6.07, 6.45) is 0. The fourth-order valence-electron chi connectivity index (χ4n) is 3.06. The third kappa shape index (κ3) is 4.93. The van der Waals surface area contributed by atoms with Gasteiger partial charge in [-0.2, -0.15) is 0 Å². The van der Waals surface area contributed by atoms with E-state index in [9.17, 15) is 14.4 Å². The topological polar surface area (TPSA) is 137 Å². The minimum Gasteiger partial charge on any atom is -0.482 e. The van der Waals surface area contributed by atoms with E-state index in [1.165, 1.54) is 4.90 Å². The van der Waals surface area contributed by atoms with Gasteiger partial charge in [0.25, 0.3) is 5.91 Å². The summed E-state index contributed by atoms with van der Waals surface area (Å²) in [5, 5.41) is 0.